The van der Waals surface area contributed by atoms with Crippen molar-refractivity contribution >= 4 is 6.02 Å². The Morgan fingerprint density at radius 2 is 2.00 bits per heavy atom. The van der Waals surface area contributed by atoms with Crippen LogP contribution in [-0.2, 0) is 11.2 Å². The molecular weight excluding hydrogens is 345 g/mol. The summed E-state index contributed by atoms with van der Waals surface area (Å²) in [6.07, 6.45) is 0.324. The summed E-state index contributed by atoms with van der Waals surface area (Å²) in [5.41, 5.74) is 2.81. The molecule has 0 aromatic heterocycles. The van der Waals surface area contributed by atoms with E-state index in [0.29, 0.717) is 25.7 Å². The van der Waals surface area contributed by atoms with Crippen molar-refractivity contribution in [3.63, 3.8) is 0 Å². The topological polar surface area (TPSA) is 57.1 Å². The Bertz CT molecular complexity index is 885. The van der Waals surface area contributed by atoms with Gasteiger partial charge in [-0.3, -0.25) is 0 Å². The summed E-state index contributed by atoms with van der Waals surface area (Å²) < 4.78 is 19.7. The molecule has 3 aliphatic rings. The molecule has 0 bridgehead atoms. The van der Waals surface area contributed by atoms with E-state index in [-0.39, 0.29) is 11.9 Å². The van der Waals surface area contributed by atoms with Crippen molar-refractivity contribution in [2.75, 3.05) is 26.2 Å². The Balaban J connectivity index is 1.52. The quantitative estimate of drug-likeness (QED) is 0.808. The number of aliphatic hydroxyl groups is 1. The molecular formula is C21H22FN3O2. The Morgan fingerprint density at radius 1 is 1.19 bits per heavy atom. The van der Waals surface area contributed by atoms with Gasteiger partial charge in [-0.25, -0.2) is 9.38 Å². The largest absolute Gasteiger partial charge is 0.452 e. The van der Waals surface area contributed by atoms with Crippen molar-refractivity contribution in [3.05, 3.63) is 71.0 Å². The molecule has 6 heteroatoms. The monoisotopic (exact) mass is 367 g/mol. The van der Waals surface area contributed by atoms with Gasteiger partial charge in [-0.15, -0.1) is 0 Å². The van der Waals surface area contributed by atoms with Crippen LogP contribution in [0.5, 0.6) is 0 Å². The first kappa shape index (κ1) is 16.7. The van der Waals surface area contributed by atoms with Gasteiger partial charge < -0.3 is 20.1 Å². The number of β-amino-alcohol motifs (C(OH)–C–C–N with tert-alkyl or cyclic N) is 1. The van der Waals surface area contributed by atoms with E-state index in [1.165, 1.54) is 23.3 Å². The zero-order valence-electron chi connectivity index (χ0n) is 14.9. The average molecular weight is 367 g/mol. The molecule has 5 nitrogen and oxygen atoms in total. The highest BCUT2D eigenvalue weighted by Gasteiger charge is 2.50. The van der Waals surface area contributed by atoms with Gasteiger partial charge >= 0.3 is 0 Å². The zero-order valence-corrected chi connectivity index (χ0v) is 14.9. The molecule has 1 saturated heterocycles. The first-order chi connectivity index (χ1) is 13.2. The van der Waals surface area contributed by atoms with E-state index in [4.69, 9.17) is 4.74 Å². The van der Waals surface area contributed by atoms with Crippen LogP contribution in [0.1, 0.15) is 22.7 Å². The Labute approximate surface area is 157 Å². The minimum absolute atomic E-state index is 0.0871. The molecule has 0 saturated carbocycles. The summed E-state index contributed by atoms with van der Waals surface area (Å²) in [6, 6.07) is 15.5. The molecule has 3 atom stereocenters. The third-order valence-electron chi connectivity index (χ3n) is 5.86. The van der Waals surface area contributed by atoms with Gasteiger partial charge in [-0.05, 0) is 35.2 Å². The highest BCUT2D eigenvalue weighted by Crippen LogP contribution is 2.38. The molecule has 0 amide bonds. The van der Waals surface area contributed by atoms with E-state index < -0.39 is 11.7 Å². The molecule has 1 fully saturated rings. The number of nitrogens with zero attached hydrogens (tertiary/aromatic N) is 2. The normalized spacial score (nSPS) is 29.6. The number of nitrogens with one attached hydrogen (secondary N) is 1. The van der Waals surface area contributed by atoms with E-state index in [1.807, 2.05) is 18.2 Å². The highest BCUT2D eigenvalue weighted by atomic mass is 19.1. The maximum atomic E-state index is 13.5. The number of halogens is 1. The van der Waals surface area contributed by atoms with Crippen LogP contribution in [0, 0.1) is 5.82 Å². The fraction of sp³-hybridized carbons (Fsp3) is 0.381. The molecule has 2 aromatic rings. The predicted molar refractivity (Wildman–Crippen MR) is 100 cm³/mol. The summed E-state index contributed by atoms with van der Waals surface area (Å²) in [5.74, 6) is -0.247. The molecule has 0 unspecified atom stereocenters. The van der Waals surface area contributed by atoms with Crippen LogP contribution >= 0.6 is 0 Å². The molecule has 1 spiro atoms. The van der Waals surface area contributed by atoms with Crippen LogP contribution in [0.2, 0.25) is 0 Å². The third-order valence-corrected chi connectivity index (χ3v) is 5.86. The predicted octanol–water partition coefficient (Wildman–Crippen LogP) is 1.86. The molecule has 140 valence electrons. The van der Waals surface area contributed by atoms with Gasteiger partial charge in [-0.1, -0.05) is 36.4 Å². The van der Waals surface area contributed by atoms with Crippen molar-refractivity contribution in [2.24, 2.45) is 4.99 Å². The molecule has 2 N–H and O–H groups in total. The summed E-state index contributed by atoms with van der Waals surface area (Å²) >= 11 is 0. The third kappa shape index (κ3) is 2.71. The Kier molecular flexibility index (Phi) is 3.91. The van der Waals surface area contributed by atoms with E-state index in [2.05, 4.69) is 33.4 Å². The van der Waals surface area contributed by atoms with Gasteiger partial charge in [0.1, 0.15) is 11.9 Å². The number of ether oxygens (including phenoxy) is 1. The lowest BCUT2D eigenvalue weighted by atomic mass is 9.88. The Hall–Kier alpha value is -2.44. The minimum Gasteiger partial charge on any atom is -0.452 e. The number of fused-ring (bicyclic) bond motifs is 1. The van der Waals surface area contributed by atoms with Crippen LogP contribution in [-0.4, -0.2) is 53.9 Å². The molecule has 3 aliphatic heterocycles. The molecule has 5 rings (SSSR count). The first-order valence-electron chi connectivity index (χ1n) is 9.38. The summed E-state index contributed by atoms with van der Waals surface area (Å²) in [4.78, 5) is 6.81. The smallest absolute Gasteiger partial charge is 0.289 e. The van der Waals surface area contributed by atoms with E-state index in [1.54, 1.807) is 0 Å². The average Bonchev–Trinajstić information content (AvgIpc) is 3.28. The lowest BCUT2D eigenvalue weighted by molar-refractivity contribution is -0.0172. The fourth-order valence-corrected chi connectivity index (χ4v) is 4.36. The van der Waals surface area contributed by atoms with E-state index in [0.717, 1.165) is 18.5 Å². The lowest BCUT2D eigenvalue weighted by Crippen LogP contribution is -2.48. The van der Waals surface area contributed by atoms with Crippen molar-refractivity contribution in [1.29, 1.82) is 0 Å². The van der Waals surface area contributed by atoms with Gasteiger partial charge in [0, 0.05) is 19.6 Å². The first-order valence-corrected chi connectivity index (χ1v) is 9.38. The molecule has 2 aromatic carbocycles. The van der Waals surface area contributed by atoms with Crippen molar-refractivity contribution in [2.45, 2.75) is 24.2 Å². The molecule has 0 aliphatic carbocycles. The number of aliphatic imine (C=N–C) groups is 1. The second-order valence-electron chi connectivity index (χ2n) is 7.51. The maximum Gasteiger partial charge on any atom is 0.289 e. The van der Waals surface area contributed by atoms with Crippen LogP contribution < -0.4 is 5.32 Å². The number of hydrogen-bond acceptors (Lipinski definition) is 5. The summed E-state index contributed by atoms with van der Waals surface area (Å²) in [7, 11) is 0. The van der Waals surface area contributed by atoms with Crippen LogP contribution in [0.4, 0.5) is 4.39 Å². The molecule has 0 radical (unpaired) electrons. The minimum atomic E-state index is -0.667. The lowest BCUT2D eigenvalue weighted by Gasteiger charge is -2.39. The number of aliphatic hydroxyl groups excluding tert-OH is 1. The number of hydrogen-bond donors (Lipinski definition) is 2. The summed E-state index contributed by atoms with van der Waals surface area (Å²) in [6.45, 7) is 2.32. The van der Waals surface area contributed by atoms with Gasteiger partial charge in [0.25, 0.3) is 6.02 Å². The fourth-order valence-electron chi connectivity index (χ4n) is 4.36. The molecule has 3 heterocycles. The number of benzene rings is 2. The van der Waals surface area contributed by atoms with Gasteiger partial charge in [0.15, 0.2) is 5.60 Å². The van der Waals surface area contributed by atoms with Crippen molar-refractivity contribution in [3.8, 4) is 0 Å². The maximum absolute atomic E-state index is 13.5. The molecule has 27 heavy (non-hydrogen) atoms. The van der Waals surface area contributed by atoms with Crippen molar-refractivity contribution < 1.29 is 14.2 Å². The van der Waals surface area contributed by atoms with Crippen LogP contribution in [0.3, 0.4) is 0 Å². The van der Waals surface area contributed by atoms with Gasteiger partial charge in [-0.2, -0.15) is 0 Å². The number of amidine groups is 1. The van der Waals surface area contributed by atoms with E-state index in [9.17, 15) is 9.50 Å². The van der Waals surface area contributed by atoms with Gasteiger partial charge in [0.2, 0.25) is 0 Å². The SMILES string of the molecule is O[C@H]1CNC[C@]12CN=C(N1CCc3ccccc3[C@@H]1c1ccc(F)cc1)O2. The second kappa shape index (κ2) is 6.32. The Morgan fingerprint density at radius 3 is 2.78 bits per heavy atom. The number of rotatable bonds is 1. The zero-order chi connectivity index (χ0) is 18.4. The van der Waals surface area contributed by atoms with E-state index >= 15 is 0 Å². The van der Waals surface area contributed by atoms with Gasteiger partial charge in [0.05, 0.1) is 12.6 Å². The second-order valence-corrected chi connectivity index (χ2v) is 7.51. The standard InChI is InChI=1S/C21H22FN3O2/c22-16-7-5-15(6-8-16)19-17-4-2-1-3-14(17)9-10-25(19)20-24-13-21(27-20)12-23-11-18(21)26/h1-8,18-19,23,26H,9-13H2/t18-,19-,21-/m0/s1. The van der Waals surface area contributed by atoms with Crippen LogP contribution in [0.25, 0.3) is 0 Å². The highest BCUT2D eigenvalue weighted by molar-refractivity contribution is 5.78. The van der Waals surface area contributed by atoms with Crippen LogP contribution in [0.15, 0.2) is 53.5 Å². The van der Waals surface area contributed by atoms with Crippen molar-refractivity contribution in [1.82, 2.24) is 10.2 Å². The summed E-state index contributed by atoms with van der Waals surface area (Å²) in [5, 5.41) is 13.5.